The second-order valence-electron chi connectivity index (χ2n) is 5.74. The highest BCUT2D eigenvalue weighted by Crippen LogP contribution is 2.26. The highest BCUT2D eigenvalue weighted by molar-refractivity contribution is 5.62. The van der Waals surface area contributed by atoms with Crippen LogP contribution in [0.2, 0.25) is 0 Å². The Morgan fingerprint density at radius 2 is 2.00 bits per heavy atom. The van der Waals surface area contributed by atoms with Crippen molar-refractivity contribution in [3.05, 3.63) is 47.9 Å². The lowest BCUT2D eigenvalue weighted by Gasteiger charge is -2.29. The molecule has 2 heterocycles. The fourth-order valence-corrected chi connectivity index (χ4v) is 2.96. The maximum atomic E-state index is 4.67. The Hall–Kier alpha value is -1.74. The van der Waals surface area contributed by atoms with Gasteiger partial charge in [-0.2, -0.15) is 0 Å². The van der Waals surface area contributed by atoms with Gasteiger partial charge in [-0.25, -0.2) is 0 Å². The normalized spacial score (nSPS) is 20.0. The van der Waals surface area contributed by atoms with Crippen molar-refractivity contribution in [3.8, 4) is 11.3 Å². The largest absolute Gasteiger partial charge is 0.306 e. The first kappa shape index (κ1) is 13.3. The van der Waals surface area contributed by atoms with E-state index in [0.717, 1.165) is 17.9 Å². The monoisotopic (exact) mass is 267 g/mol. The van der Waals surface area contributed by atoms with Gasteiger partial charge in [-0.1, -0.05) is 24.3 Å². The van der Waals surface area contributed by atoms with Gasteiger partial charge >= 0.3 is 0 Å². The highest BCUT2D eigenvalue weighted by Gasteiger charge is 2.20. The van der Waals surface area contributed by atoms with Gasteiger partial charge in [0.05, 0.1) is 17.6 Å². The summed E-state index contributed by atoms with van der Waals surface area (Å²) < 4.78 is 0. The molecule has 20 heavy (non-hydrogen) atoms. The van der Waals surface area contributed by atoms with Gasteiger partial charge < -0.3 is 4.90 Å². The van der Waals surface area contributed by atoms with Crippen LogP contribution < -0.4 is 0 Å². The summed E-state index contributed by atoms with van der Waals surface area (Å²) in [6.45, 7) is 4.41. The predicted octanol–water partition coefficient (Wildman–Crippen LogP) is 3.26. The molecule has 2 aromatic rings. The molecule has 104 valence electrons. The van der Waals surface area contributed by atoms with Gasteiger partial charge in [-0.15, -0.1) is 0 Å². The van der Waals surface area contributed by atoms with Gasteiger partial charge in [-0.3, -0.25) is 9.97 Å². The van der Waals surface area contributed by atoms with Gasteiger partial charge in [0.15, 0.2) is 0 Å². The van der Waals surface area contributed by atoms with Gasteiger partial charge in [0.1, 0.15) is 0 Å². The van der Waals surface area contributed by atoms with Crippen LogP contribution in [0.3, 0.4) is 0 Å². The van der Waals surface area contributed by atoms with Crippen LogP contribution in [0.4, 0.5) is 0 Å². The number of likely N-dealkylation sites (tertiary alicyclic amines) is 1. The Labute approximate surface area is 120 Å². The van der Waals surface area contributed by atoms with Crippen LogP contribution in [0.15, 0.2) is 36.7 Å². The molecular weight excluding hydrogens is 246 g/mol. The molecular formula is C17H21N3. The molecule has 1 unspecified atom stereocenters. The molecule has 0 aliphatic carbocycles. The lowest BCUT2D eigenvalue weighted by molar-refractivity contribution is 0.248. The molecule has 0 amide bonds. The van der Waals surface area contributed by atoms with E-state index >= 15 is 0 Å². The van der Waals surface area contributed by atoms with Crippen LogP contribution in [0.1, 0.15) is 30.0 Å². The predicted molar refractivity (Wildman–Crippen MR) is 81.7 cm³/mol. The van der Waals surface area contributed by atoms with Crippen LogP contribution in [-0.4, -0.2) is 35.0 Å². The van der Waals surface area contributed by atoms with E-state index in [9.17, 15) is 0 Å². The summed E-state index contributed by atoms with van der Waals surface area (Å²) in [4.78, 5) is 11.7. The lowest BCUT2D eigenvalue weighted by Crippen LogP contribution is -2.31. The van der Waals surface area contributed by atoms with E-state index < -0.39 is 0 Å². The number of hydrogen-bond acceptors (Lipinski definition) is 3. The Balaban J connectivity index is 1.83. The van der Waals surface area contributed by atoms with Gasteiger partial charge in [0.25, 0.3) is 0 Å². The Bertz CT molecular complexity index is 577. The molecule has 3 nitrogen and oxygen atoms in total. The SMILES string of the molecule is Cc1ccccc1-c1cnc(C2CCCN(C)C2)cn1. The van der Waals surface area contributed by atoms with Gasteiger partial charge in [0.2, 0.25) is 0 Å². The van der Waals surface area contributed by atoms with Crippen LogP contribution in [-0.2, 0) is 0 Å². The maximum Gasteiger partial charge on any atom is 0.0888 e. The van der Waals surface area contributed by atoms with E-state index in [2.05, 4.69) is 47.0 Å². The third-order valence-electron chi connectivity index (χ3n) is 4.14. The summed E-state index contributed by atoms with van der Waals surface area (Å²) in [6.07, 6.45) is 6.36. The summed E-state index contributed by atoms with van der Waals surface area (Å²) >= 11 is 0. The number of piperidine rings is 1. The Kier molecular flexibility index (Phi) is 3.79. The summed E-state index contributed by atoms with van der Waals surface area (Å²) in [5, 5.41) is 0. The zero-order valence-electron chi connectivity index (χ0n) is 12.2. The lowest BCUT2D eigenvalue weighted by atomic mass is 9.95. The second-order valence-corrected chi connectivity index (χ2v) is 5.74. The number of aromatic nitrogens is 2. The first-order valence-corrected chi connectivity index (χ1v) is 7.30. The molecule has 1 aliphatic rings. The summed E-state index contributed by atoms with van der Waals surface area (Å²) in [6, 6.07) is 8.32. The van der Waals surface area contributed by atoms with Crippen LogP contribution in [0, 0.1) is 6.92 Å². The average molecular weight is 267 g/mol. The smallest absolute Gasteiger partial charge is 0.0888 e. The number of rotatable bonds is 2. The van der Waals surface area contributed by atoms with Crippen LogP contribution >= 0.6 is 0 Å². The van der Waals surface area contributed by atoms with Gasteiger partial charge in [0, 0.05) is 24.2 Å². The first-order chi connectivity index (χ1) is 9.74. The Morgan fingerprint density at radius 1 is 1.15 bits per heavy atom. The van der Waals surface area contributed by atoms with Crippen molar-refractivity contribution in [2.24, 2.45) is 0 Å². The number of likely N-dealkylation sites (N-methyl/N-ethyl adjacent to an activating group) is 1. The molecule has 1 atom stereocenters. The molecule has 0 N–H and O–H groups in total. The summed E-state index contributed by atoms with van der Waals surface area (Å²) in [5.74, 6) is 0.534. The zero-order chi connectivity index (χ0) is 13.9. The average Bonchev–Trinajstić information content (AvgIpc) is 2.48. The third-order valence-corrected chi connectivity index (χ3v) is 4.14. The molecule has 0 bridgehead atoms. The minimum atomic E-state index is 0.534. The van der Waals surface area contributed by atoms with E-state index in [1.165, 1.54) is 30.5 Å². The molecule has 1 saturated heterocycles. The third kappa shape index (κ3) is 2.73. The summed E-state index contributed by atoms with van der Waals surface area (Å²) in [5.41, 5.74) is 4.52. The molecule has 0 saturated carbocycles. The van der Waals surface area contributed by atoms with Crippen LogP contribution in [0.25, 0.3) is 11.3 Å². The standard InChI is InChI=1S/C17H21N3/c1-13-6-3-4-8-15(13)17-11-18-16(10-19-17)14-7-5-9-20(2)12-14/h3-4,6,8,10-11,14H,5,7,9,12H2,1-2H3. The summed E-state index contributed by atoms with van der Waals surface area (Å²) in [7, 11) is 2.18. The van der Waals surface area contributed by atoms with Crippen molar-refractivity contribution < 1.29 is 0 Å². The number of nitrogens with zero attached hydrogens (tertiary/aromatic N) is 3. The highest BCUT2D eigenvalue weighted by atomic mass is 15.1. The molecule has 1 fully saturated rings. The maximum absolute atomic E-state index is 4.67. The number of aryl methyl sites for hydroxylation is 1. The molecule has 3 heteroatoms. The van der Waals surface area contributed by atoms with Crippen molar-refractivity contribution in [2.75, 3.05) is 20.1 Å². The van der Waals surface area contributed by atoms with E-state index in [4.69, 9.17) is 0 Å². The molecule has 0 spiro atoms. The van der Waals surface area contributed by atoms with E-state index in [1.807, 2.05) is 18.5 Å². The topological polar surface area (TPSA) is 29.0 Å². The molecule has 1 aromatic heterocycles. The molecule has 3 rings (SSSR count). The quantitative estimate of drug-likeness (QED) is 0.836. The van der Waals surface area contributed by atoms with Crippen molar-refractivity contribution in [1.82, 2.24) is 14.9 Å². The van der Waals surface area contributed by atoms with E-state index in [1.54, 1.807) is 0 Å². The minimum absolute atomic E-state index is 0.534. The fraction of sp³-hybridized carbons (Fsp3) is 0.412. The molecule has 1 aromatic carbocycles. The van der Waals surface area contributed by atoms with Gasteiger partial charge in [-0.05, 0) is 38.9 Å². The van der Waals surface area contributed by atoms with Crippen LogP contribution in [0.5, 0.6) is 0 Å². The van der Waals surface area contributed by atoms with Crippen molar-refractivity contribution in [2.45, 2.75) is 25.7 Å². The Morgan fingerprint density at radius 3 is 2.70 bits per heavy atom. The second kappa shape index (κ2) is 5.71. The van der Waals surface area contributed by atoms with Crippen molar-refractivity contribution in [3.63, 3.8) is 0 Å². The number of hydrogen-bond donors (Lipinski definition) is 0. The van der Waals surface area contributed by atoms with E-state index in [0.29, 0.717) is 5.92 Å². The zero-order valence-corrected chi connectivity index (χ0v) is 12.2. The van der Waals surface area contributed by atoms with E-state index in [-0.39, 0.29) is 0 Å². The number of benzene rings is 1. The molecule has 0 radical (unpaired) electrons. The minimum Gasteiger partial charge on any atom is -0.306 e. The fourth-order valence-electron chi connectivity index (χ4n) is 2.96. The first-order valence-electron chi connectivity index (χ1n) is 7.30. The van der Waals surface area contributed by atoms with Crippen molar-refractivity contribution in [1.29, 1.82) is 0 Å². The molecule has 1 aliphatic heterocycles. The van der Waals surface area contributed by atoms with Crippen molar-refractivity contribution >= 4 is 0 Å².